The van der Waals surface area contributed by atoms with Gasteiger partial charge in [-0.25, -0.2) is 0 Å². The summed E-state index contributed by atoms with van der Waals surface area (Å²) in [5.41, 5.74) is 2.45. The highest BCUT2D eigenvalue weighted by molar-refractivity contribution is 6.46. The van der Waals surface area contributed by atoms with Crippen LogP contribution in [0.25, 0.3) is 5.76 Å². The molecule has 154 valence electrons. The minimum absolute atomic E-state index is 0.0755. The average Bonchev–Trinajstić information content (AvgIpc) is 3.16. The first-order chi connectivity index (χ1) is 13.8. The highest BCUT2D eigenvalue weighted by Gasteiger charge is 2.46. The van der Waals surface area contributed by atoms with Crippen LogP contribution in [0.1, 0.15) is 28.6 Å². The minimum Gasteiger partial charge on any atom is -0.507 e. The Morgan fingerprint density at radius 1 is 1.24 bits per heavy atom. The first kappa shape index (κ1) is 20.6. The van der Waals surface area contributed by atoms with Crippen molar-refractivity contribution in [2.45, 2.75) is 19.9 Å². The Morgan fingerprint density at radius 2 is 1.90 bits per heavy atom. The number of likely N-dealkylation sites (tertiary alicyclic amines) is 1. The number of nitrogens with one attached hydrogen (secondary N) is 1. The van der Waals surface area contributed by atoms with Crippen LogP contribution in [0.15, 0.2) is 29.8 Å². The number of hydrogen-bond donors (Lipinski definition) is 2. The van der Waals surface area contributed by atoms with Gasteiger partial charge in [-0.05, 0) is 45.6 Å². The molecule has 1 amide bonds. The number of H-pyrrole nitrogens is 1. The molecule has 1 aliphatic heterocycles. The van der Waals surface area contributed by atoms with Crippen LogP contribution in [0.4, 0.5) is 0 Å². The van der Waals surface area contributed by atoms with Gasteiger partial charge in [0.1, 0.15) is 11.5 Å². The summed E-state index contributed by atoms with van der Waals surface area (Å²) < 4.78 is 5.22. The Hall–Kier alpha value is -3.13. The molecule has 0 unspecified atom stereocenters. The summed E-state index contributed by atoms with van der Waals surface area (Å²) in [6.45, 7) is 4.44. The van der Waals surface area contributed by atoms with Crippen molar-refractivity contribution in [2.75, 3.05) is 34.3 Å². The van der Waals surface area contributed by atoms with E-state index in [1.54, 1.807) is 45.2 Å². The summed E-state index contributed by atoms with van der Waals surface area (Å²) in [6.07, 6.45) is 0. The molecule has 0 bridgehead atoms. The number of rotatable bonds is 6. The van der Waals surface area contributed by atoms with Crippen LogP contribution in [0.5, 0.6) is 5.75 Å². The summed E-state index contributed by atoms with van der Waals surface area (Å²) in [4.78, 5) is 29.2. The fourth-order valence-electron chi connectivity index (χ4n) is 3.59. The van der Waals surface area contributed by atoms with Crippen molar-refractivity contribution in [1.29, 1.82) is 0 Å². The number of aliphatic hydroxyl groups excluding tert-OH is 1. The predicted octanol–water partition coefficient (Wildman–Crippen LogP) is 2.02. The molecule has 1 fully saturated rings. The van der Waals surface area contributed by atoms with Gasteiger partial charge in [0.05, 0.1) is 30.0 Å². The van der Waals surface area contributed by atoms with Crippen LogP contribution >= 0.6 is 0 Å². The smallest absolute Gasteiger partial charge is 0.295 e. The second-order valence-corrected chi connectivity index (χ2v) is 7.38. The standard InChI is InChI=1S/C21H26N4O4/c1-12-16(13(2)23-22-12)19(26)17-18(14-6-8-15(29-5)9-7-14)25(11-10-24(3)4)21(28)20(17)27/h6-9,18,26H,10-11H2,1-5H3,(H,22,23)/t18-/m0/s1. The van der Waals surface area contributed by atoms with Gasteiger partial charge in [-0.15, -0.1) is 0 Å². The maximum Gasteiger partial charge on any atom is 0.295 e. The van der Waals surface area contributed by atoms with Crippen molar-refractivity contribution in [3.63, 3.8) is 0 Å². The number of aromatic nitrogens is 2. The largest absolute Gasteiger partial charge is 0.507 e. The zero-order valence-electron chi connectivity index (χ0n) is 17.3. The Morgan fingerprint density at radius 3 is 2.41 bits per heavy atom. The van der Waals surface area contributed by atoms with Gasteiger partial charge in [0.15, 0.2) is 0 Å². The van der Waals surface area contributed by atoms with Crippen LogP contribution in [0.2, 0.25) is 0 Å². The SMILES string of the molecule is COc1ccc([C@H]2C(=C(O)c3c(C)n[nH]c3C)C(=O)C(=O)N2CCN(C)C)cc1. The van der Waals surface area contributed by atoms with Crippen molar-refractivity contribution in [1.82, 2.24) is 20.0 Å². The van der Waals surface area contributed by atoms with E-state index in [0.717, 1.165) is 5.56 Å². The molecule has 0 saturated carbocycles. The second-order valence-electron chi connectivity index (χ2n) is 7.38. The fourth-order valence-corrected chi connectivity index (χ4v) is 3.59. The molecule has 1 aromatic heterocycles. The van der Waals surface area contributed by atoms with Crippen molar-refractivity contribution in [3.05, 3.63) is 52.4 Å². The van der Waals surface area contributed by atoms with Crippen molar-refractivity contribution in [3.8, 4) is 5.75 Å². The number of aryl methyl sites for hydroxylation is 2. The average molecular weight is 398 g/mol. The maximum absolute atomic E-state index is 12.9. The van der Waals surface area contributed by atoms with Crippen molar-refractivity contribution in [2.24, 2.45) is 0 Å². The maximum atomic E-state index is 12.9. The summed E-state index contributed by atoms with van der Waals surface area (Å²) in [7, 11) is 5.37. The van der Waals surface area contributed by atoms with Crippen molar-refractivity contribution >= 4 is 17.4 Å². The third-order valence-corrected chi connectivity index (χ3v) is 5.12. The van der Waals surface area contributed by atoms with E-state index in [1.165, 1.54) is 4.90 Å². The van der Waals surface area contributed by atoms with Crippen molar-refractivity contribution < 1.29 is 19.4 Å². The number of hydrogen-bond acceptors (Lipinski definition) is 6. The first-order valence-electron chi connectivity index (χ1n) is 9.35. The highest BCUT2D eigenvalue weighted by atomic mass is 16.5. The summed E-state index contributed by atoms with van der Waals surface area (Å²) in [5.74, 6) is -0.851. The van der Waals surface area contributed by atoms with E-state index in [1.807, 2.05) is 19.0 Å². The Kier molecular flexibility index (Phi) is 5.74. The van der Waals surface area contributed by atoms with E-state index < -0.39 is 17.7 Å². The molecule has 3 rings (SSSR count). The molecule has 1 aliphatic rings. The number of ketones is 1. The van der Waals surface area contributed by atoms with E-state index in [4.69, 9.17) is 4.74 Å². The zero-order valence-corrected chi connectivity index (χ0v) is 17.3. The molecule has 0 aliphatic carbocycles. The lowest BCUT2D eigenvalue weighted by Gasteiger charge is -2.26. The number of aliphatic hydroxyl groups is 1. The molecular formula is C21H26N4O4. The Bertz CT molecular complexity index is 940. The molecule has 1 aromatic carbocycles. The van der Waals surface area contributed by atoms with Gasteiger partial charge in [0.2, 0.25) is 0 Å². The Labute approximate surface area is 169 Å². The monoisotopic (exact) mass is 398 g/mol. The molecule has 2 N–H and O–H groups in total. The molecule has 8 nitrogen and oxygen atoms in total. The molecular weight excluding hydrogens is 372 g/mol. The van der Waals surface area contributed by atoms with E-state index >= 15 is 0 Å². The van der Waals surface area contributed by atoms with Crippen LogP contribution in [-0.4, -0.2) is 71.1 Å². The van der Waals surface area contributed by atoms with Crippen LogP contribution < -0.4 is 4.74 Å². The number of benzene rings is 1. The Balaban J connectivity index is 2.17. The third-order valence-electron chi connectivity index (χ3n) is 5.12. The zero-order chi connectivity index (χ0) is 21.3. The van der Waals surface area contributed by atoms with Crippen LogP contribution in [0, 0.1) is 13.8 Å². The molecule has 29 heavy (non-hydrogen) atoms. The van der Waals surface area contributed by atoms with Gasteiger partial charge in [-0.1, -0.05) is 12.1 Å². The van der Waals surface area contributed by atoms with Gasteiger partial charge in [0, 0.05) is 18.8 Å². The van der Waals surface area contributed by atoms with Crippen LogP contribution in [0.3, 0.4) is 0 Å². The second kappa shape index (κ2) is 8.08. The summed E-state index contributed by atoms with van der Waals surface area (Å²) in [6, 6.07) is 6.47. The highest BCUT2D eigenvalue weighted by Crippen LogP contribution is 2.40. The number of nitrogens with zero attached hydrogens (tertiary/aromatic N) is 3. The number of Topliss-reactive ketones (excluding diaryl/α,β-unsaturated/α-hetero) is 1. The fraction of sp³-hybridized carbons (Fsp3) is 0.381. The number of likely N-dealkylation sites (N-methyl/N-ethyl adjacent to an activating group) is 1. The normalized spacial score (nSPS) is 18.7. The number of aromatic amines is 1. The molecule has 1 saturated heterocycles. The van der Waals surface area contributed by atoms with E-state index in [0.29, 0.717) is 35.8 Å². The first-order valence-corrected chi connectivity index (χ1v) is 9.35. The number of ether oxygens (including phenoxy) is 1. The summed E-state index contributed by atoms with van der Waals surface area (Å²) >= 11 is 0. The van der Waals surface area contributed by atoms with Gasteiger partial charge < -0.3 is 19.6 Å². The lowest BCUT2D eigenvalue weighted by molar-refractivity contribution is -0.140. The lowest BCUT2D eigenvalue weighted by Crippen LogP contribution is -2.35. The molecule has 8 heteroatoms. The topological polar surface area (TPSA) is 98.8 Å². The number of carbonyl (C=O) groups is 2. The van der Waals surface area contributed by atoms with Crippen LogP contribution in [-0.2, 0) is 9.59 Å². The predicted molar refractivity (Wildman–Crippen MR) is 109 cm³/mol. The summed E-state index contributed by atoms with van der Waals surface area (Å²) in [5, 5.41) is 18.0. The molecule has 0 spiro atoms. The van der Waals surface area contributed by atoms with Gasteiger partial charge >= 0.3 is 0 Å². The number of carbonyl (C=O) groups excluding carboxylic acids is 2. The lowest BCUT2D eigenvalue weighted by atomic mass is 9.94. The van der Waals surface area contributed by atoms with E-state index in [-0.39, 0.29) is 11.3 Å². The molecule has 0 radical (unpaired) electrons. The van der Waals surface area contributed by atoms with E-state index in [9.17, 15) is 14.7 Å². The number of amides is 1. The molecule has 2 heterocycles. The molecule has 1 atom stereocenters. The minimum atomic E-state index is -0.693. The number of methoxy groups -OCH3 is 1. The van der Waals surface area contributed by atoms with Gasteiger partial charge in [0.25, 0.3) is 11.7 Å². The van der Waals surface area contributed by atoms with Gasteiger partial charge in [-0.2, -0.15) is 5.10 Å². The molecule has 2 aromatic rings. The third kappa shape index (κ3) is 3.75. The van der Waals surface area contributed by atoms with E-state index in [2.05, 4.69) is 10.2 Å². The quantitative estimate of drug-likeness (QED) is 0.439. The van der Waals surface area contributed by atoms with Gasteiger partial charge in [-0.3, -0.25) is 14.7 Å².